The first-order valence-corrected chi connectivity index (χ1v) is 10.8. The van der Waals surface area contributed by atoms with Gasteiger partial charge in [0, 0.05) is 23.4 Å². The van der Waals surface area contributed by atoms with Gasteiger partial charge in [0.1, 0.15) is 5.75 Å². The number of ether oxygens (including phenoxy) is 1. The third kappa shape index (κ3) is 7.22. The molecule has 2 amide bonds. The van der Waals surface area contributed by atoms with Crippen molar-refractivity contribution in [3.63, 3.8) is 0 Å². The molecule has 0 radical (unpaired) electrons. The van der Waals surface area contributed by atoms with Crippen LogP contribution in [0.4, 0.5) is 5.69 Å². The van der Waals surface area contributed by atoms with Crippen molar-refractivity contribution in [3.8, 4) is 5.75 Å². The summed E-state index contributed by atoms with van der Waals surface area (Å²) in [5, 5.41) is 8.84. The number of carbonyl (C=O) groups is 2. The molecular formula is C24H27N3O3S. The third-order valence-electron chi connectivity index (χ3n) is 5.13. The number of anilines is 1. The number of hydrogen-bond acceptors (Lipinski definition) is 4. The predicted octanol–water partition coefficient (Wildman–Crippen LogP) is 4.28. The number of carbonyl (C=O) groups excluding carboxylic acids is 2. The summed E-state index contributed by atoms with van der Waals surface area (Å²) >= 11 is 5.20. The van der Waals surface area contributed by atoms with E-state index >= 15 is 0 Å². The molecule has 3 rings (SSSR count). The number of methoxy groups -OCH3 is 1. The molecule has 2 aromatic rings. The monoisotopic (exact) mass is 437 g/mol. The van der Waals surface area contributed by atoms with Crippen molar-refractivity contribution in [2.75, 3.05) is 12.4 Å². The fourth-order valence-corrected chi connectivity index (χ4v) is 3.64. The second kappa shape index (κ2) is 11.3. The normalized spacial score (nSPS) is 14.1. The maximum absolute atomic E-state index is 12.4. The molecule has 1 saturated carbocycles. The molecule has 7 heteroatoms. The molecule has 0 saturated heterocycles. The zero-order valence-electron chi connectivity index (χ0n) is 17.5. The van der Waals surface area contributed by atoms with E-state index in [0.717, 1.165) is 24.2 Å². The first kappa shape index (κ1) is 22.5. The van der Waals surface area contributed by atoms with Crippen LogP contribution in [0.15, 0.2) is 54.6 Å². The summed E-state index contributed by atoms with van der Waals surface area (Å²) in [6.45, 7) is 0. The third-order valence-corrected chi connectivity index (χ3v) is 5.33. The van der Waals surface area contributed by atoms with E-state index in [1.165, 1.54) is 25.3 Å². The van der Waals surface area contributed by atoms with Gasteiger partial charge in [-0.15, -0.1) is 0 Å². The molecule has 0 heterocycles. The summed E-state index contributed by atoms with van der Waals surface area (Å²) in [5.41, 5.74) is 2.17. The van der Waals surface area contributed by atoms with Gasteiger partial charge in [-0.25, -0.2) is 0 Å². The van der Waals surface area contributed by atoms with Crippen molar-refractivity contribution in [3.05, 3.63) is 65.7 Å². The summed E-state index contributed by atoms with van der Waals surface area (Å²) in [6, 6.07) is 14.6. The van der Waals surface area contributed by atoms with Gasteiger partial charge in [0.25, 0.3) is 5.91 Å². The fourth-order valence-electron chi connectivity index (χ4n) is 3.42. The Bertz CT molecular complexity index is 934. The zero-order chi connectivity index (χ0) is 22.1. The van der Waals surface area contributed by atoms with Gasteiger partial charge in [-0.1, -0.05) is 31.4 Å². The van der Waals surface area contributed by atoms with Crippen LogP contribution in [0, 0.1) is 0 Å². The Balaban J connectivity index is 1.46. The van der Waals surface area contributed by atoms with E-state index in [2.05, 4.69) is 16.0 Å². The fraction of sp³-hybridized carbons (Fsp3) is 0.292. The van der Waals surface area contributed by atoms with Crippen LogP contribution in [0.3, 0.4) is 0 Å². The lowest BCUT2D eigenvalue weighted by molar-refractivity contribution is -0.115. The highest BCUT2D eigenvalue weighted by Gasteiger charge is 2.16. The lowest BCUT2D eigenvalue weighted by Crippen LogP contribution is -2.36. The lowest BCUT2D eigenvalue weighted by atomic mass is 9.95. The number of benzene rings is 2. The number of hydrogen-bond donors (Lipinski definition) is 3. The quantitative estimate of drug-likeness (QED) is 0.464. The largest absolute Gasteiger partial charge is 0.497 e. The van der Waals surface area contributed by atoms with Gasteiger partial charge in [0.2, 0.25) is 5.91 Å². The first-order valence-electron chi connectivity index (χ1n) is 10.4. The molecule has 0 atom stereocenters. The Morgan fingerprint density at radius 1 is 1.00 bits per heavy atom. The molecule has 0 aromatic heterocycles. The van der Waals surface area contributed by atoms with E-state index in [9.17, 15) is 9.59 Å². The van der Waals surface area contributed by atoms with E-state index in [0.29, 0.717) is 11.3 Å². The SMILES string of the molecule is COc1ccc(/C=C/C(=O)NC(=S)Nc2ccc(C(=O)NC3CCCCC3)cc2)cc1. The number of rotatable bonds is 6. The summed E-state index contributed by atoms with van der Waals surface area (Å²) < 4.78 is 5.11. The second-order valence-corrected chi connectivity index (χ2v) is 7.84. The van der Waals surface area contributed by atoms with E-state index in [1.807, 2.05) is 24.3 Å². The van der Waals surface area contributed by atoms with Crippen molar-refractivity contribution in [2.24, 2.45) is 0 Å². The van der Waals surface area contributed by atoms with Crippen LogP contribution in [0.1, 0.15) is 48.0 Å². The van der Waals surface area contributed by atoms with E-state index in [4.69, 9.17) is 17.0 Å². The first-order chi connectivity index (χ1) is 15.0. The molecule has 1 aliphatic rings. The average molecular weight is 438 g/mol. The van der Waals surface area contributed by atoms with E-state index < -0.39 is 0 Å². The van der Waals surface area contributed by atoms with Crippen LogP contribution < -0.4 is 20.7 Å². The smallest absolute Gasteiger partial charge is 0.251 e. The van der Waals surface area contributed by atoms with Crippen LogP contribution >= 0.6 is 12.2 Å². The molecule has 0 spiro atoms. The van der Waals surface area contributed by atoms with Crippen molar-refractivity contribution in [1.29, 1.82) is 0 Å². The topological polar surface area (TPSA) is 79.5 Å². The van der Waals surface area contributed by atoms with Crippen molar-refractivity contribution in [2.45, 2.75) is 38.1 Å². The molecule has 6 nitrogen and oxygen atoms in total. The molecule has 1 aliphatic carbocycles. The molecule has 0 bridgehead atoms. The molecule has 31 heavy (non-hydrogen) atoms. The van der Waals surface area contributed by atoms with E-state index in [-0.39, 0.29) is 23.0 Å². The Morgan fingerprint density at radius 2 is 1.68 bits per heavy atom. The minimum Gasteiger partial charge on any atom is -0.497 e. The molecule has 162 valence electrons. The van der Waals surface area contributed by atoms with Gasteiger partial charge >= 0.3 is 0 Å². The molecular weight excluding hydrogens is 410 g/mol. The highest BCUT2D eigenvalue weighted by atomic mass is 32.1. The van der Waals surface area contributed by atoms with Crippen LogP contribution in [-0.4, -0.2) is 30.1 Å². The second-order valence-electron chi connectivity index (χ2n) is 7.44. The minimum absolute atomic E-state index is 0.0574. The molecule has 0 unspecified atom stereocenters. The molecule has 3 N–H and O–H groups in total. The van der Waals surface area contributed by atoms with Crippen LogP contribution in [0.25, 0.3) is 6.08 Å². The minimum atomic E-state index is -0.336. The van der Waals surface area contributed by atoms with Crippen LogP contribution in [0.2, 0.25) is 0 Å². The van der Waals surface area contributed by atoms with Crippen LogP contribution in [-0.2, 0) is 4.79 Å². The highest BCUT2D eigenvalue weighted by molar-refractivity contribution is 7.80. The number of amides is 2. The van der Waals surface area contributed by atoms with Gasteiger partial charge in [0.15, 0.2) is 5.11 Å². The molecule has 1 fully saturated rings. The average Bonchev–Trinajstić information content (AvgIpc) is 2.79. The maximum atomic E-state index is 12.4. The summed E-state index contributed by atoms with van der Waals surface area (Å²) in [5.74, 6) is 0.360. The van der Waals surface area contributed by atoms with Gasteiger partial charge in [-0.2, -0.15) is 0 Å². The van der Waals surface area contributed by atoms with Crippen molar-refractivity contribution in [1.82, 2.24) is 10.6 Å². The number of thiocarbonyl (C=S) groups is 1. The van der Waals surface area contributed by atoms with Gasteiger partial charge in [-0.3, -0.25) is 14.9 Å². The Labute approximate surface area is 188 Å². The Kier molecular flexibility index (Phi) is 8.18. The van der Waals surface area contributed by atoms with Gasteiger partial charge in [0.05, 0.1) is 7.11 Å². The Morgan fingerprint density at radius 3 is 2.32 bits per heavy atom. The van der Waals surface area contributed by atoms with E-state index in [1.54, 1.807) is 37.5 Å². The summed E-state index contributed by atoms with van der Waals surface area (Å²) in [6.07, 6.45) is 8.79. The number of nitrogens with one attached hydrogen (secondary N) is 3. The van der Waals surface area contributed by atoms with Crippen LogP contribution in [0.5, 0.6) is 5.75 Å². The summed E-state index contributed by atoms with van der Waals surface area (Å²) in [4.78, 5) is 24.5. The van der Waals surface area contributed by atoms with Gasteiger partial charge < -0.3 is 15.4 Å². The predicted molar refractivity (Wildman–Crippen MR) is 127 cm³/mol. The lowest BCUT2D eigenvalue weighted by Gasteiger charge is -2.22. The Hall–Kier alpha value is -3.19. The maximum Gasteiger partial charge on any atom is 0.251 e. The highest BCUT2D eigenvalue weighted by Crippen LogP contribution is 2.18. The molecule has 0 aliphatic heterocycles. The molecule has 2 aromatic carbocycles. The van der Waals surface area contributed by atoms with Gasteiger partial charge in [-0.05, 0) is 73.1 Å². The summed E-state index contributed by atoms with van der Waals surface area (Å²) in [7, 11) is 1.60. The standard InChI is InChI=1S/C24H27N3O3S/c1-30-21-14-7-17(8-15-21)9-16-22(28)27-24(31)26-20-12-10-18(11-13-20)23(29)25-19-5-3-2-4-6-19/h7-16,19H,2-6H2,1H3,(H,25,29)(H2,26,27,28,31)/b16-9+. The van der Waals surface area contributed by atoms with Crippen molar-refractivity contribution < 1.29 is 14.3 Å². The zero-order valence-corrected chi connectivity index (χ0v) is 18.3. The van der Waals surface area contributed by atoms with Crippen molar-refractivity contribution >= 4 is 40.9 Å².